The second-order valence-electron chi connectivity index (χ2n) is 6.58. The molecule has 0 radical (unpaired) electrons. The molecule has 0 atom stereocenters. The number of hydrogen-bond acceptors (Lipinski definition) is 3. The molecule has 4 heteroatoms. The fraction of sp³-hybridized carbons (Fsp3) is 0.381. The highest BCUT2D eigenvalue weighted by Crippen LogP contribution is 2.45. The number of halogens is 1. The van der Waals surface area contributed by atoms with Crippen LogP contribution in [-0.4, -0.2) is 5.97 Å². The first kappa shape index (κ1) is 18.2. The summed E-state index contributed by atoms with van der Waals surface area (Å²) in [5.41, 5.74) is 4.77. The molecule has 0 unspecified atom stereocenters. The lowest BCUT2D eigenvalue weighted by molar-refractivity contribution is -0.134. The third kappa shape index (κ3) is 4.35. The van der Waals surface area contributed by atoms with Crippen LogP contribution in [0, 0.1) is 17.4 Å². The maximum atomic E-state index is 11.7. The number of rotatable bonds is 6. The maximum Gasteiger partial charge on any atom is 0.310 e. The van der Waals surface area contributed by atoms with Gasteiger partial charge in [0.15, 0.2) is 0 Å². The summed E-state index contributed by atoms with van der Waals surface area (Å²) in [7, 11) is 0. The molecule has 132 valence electrons. The molecule has 0 bridgehead atoms. The van der Waals surface area contributed by atoms with E-state index >= 15 is 0 Å². The zero-order valence-corrected chi connectivity index (χ0v) is 17.1. The van der Waals surface area contributed by atoms with Gasteiger partial charge in [0.1, 0.15) is 18.1 Å². The second kappa shape index (κ2) is 7.77. The normalized spacial score (nSPS) is 13.6. The molecule has 1 aliphatic carbocycles. The van der Waals surface area contributed by atoms with Crippen molar-refractivity contribution in [2.75, 3.05) is 0 Å². The summed E-state index contributed by atoms with van der Waals surface area (Å²) >= 11 is 2.26. The van der Waals surface area contributed by atoms with Crippen LogP contribution in [0.2, 0.25) is 0 Å². The molecule has 1 saturated carbocycles. The Hall–Kier alpha value is -1.56. The first-order valence-corrected chi connectivity index (χ1v) is 9.79. The van der Waals surface area contributed by atoms with Gasteiger partial charge in [-0.25, -0.2) is 0 Å². The van der Waals surface area contributed by atoms with E-state index in [0.29, 0.717) is 24.7 Å². The number of esters is 1. The summed E-state index contributed by atoms with van der Waals surface area (Å²) in [5, 5.41) is 0. The van der Waals surface area contributed by atoms with E-state index in [9.17, 15) is 4.79 Å². The van der Waals surface area contributed by atoms with Crippen molar-refractivity contribution in [1.82, 2.24) is 0 Å². The van der Waals surface area contributed by atoms with Gasteiger partial charge in [-0.3, -0.25) is 4.79 Å². The maximum absolute atomic E-state index is 11.7. The highest BCUT2D eigenvalue weighted by Gasteiger charge is 2.27. The quantitative estimate of drug-likeness (QED) is 0.323. The van der Waals surface area contributed by atoms with Gasteiger partial charge in [0.05, 0.1) is 0 Å². The number of aryl methyl sites for hydroxylation is 2. The molecule has 0 heterocycles. The SMILES string of the molecule is CCC(=O)Oc1cccc(I)c1COc1cc(C)c(C)cc1C1CC1. The minimum absolute atomic E-state index is 0.229. The Labute approximate surface area is 162 Å². The smallest absolute Gasteiger partial charge is 0.310 e. The van der Waals surface area contributed by atoms with Gasteiger partial charge in [-0.2, -0.15) is 0 Å². The summed E-state index contributed by atoms with van der Waals surface area (Å²) in [4.78, 5) is 11.7. The zero-order valence-electron chi connectivity index (χ0n) is 14.9. The summed E-state index contributed by atoms with van der Waals surface area (Å²) in [5.74, 6) is 1.95. The van der Waals surface area contributed by atoms with Crippen molar-refractivity contribution < 1.29 is 14.3 Å². The lowest BCUT2D eigenvalue weighted by Crippen LogP contribution is -2.10. The predicted molar refractivity (Wildman–Crippen MR) is 107 cm³/mol. The fourth-order valence-electron chi connectivity index (χ4n) is 2.77. The van der Waals surface area contributed by atoms with E-state index in [4.69, 9.17) is 9.47 Å². The van der Waals surface area contributed by atoms with Gasteiger partial charge < -0.3 is 9.47 Å². The number of carbonyl (C=O) groups is 1. The lowest BCUT2D eigenvalue weighted by atomic mass is 10.0. The number of ether oxygens (including phenoxy) is 2. The minimum atomic E-state index is -0.229. The van der Waals surface area contributed by atoms with Crippen LogP contribution in [0.4, 0.5) is 0 Å². The molecule has 3 rings (SSSR count). The van der Waals surface area contributed by atoms with Crippen LogP contribution in [0.5, 0.6) is 11.5 Å². The van der Waals surface area contributed by atoms with Crippen LogP contribution >= 0.6 is 22.6 Å². The second-order valence-corrected chi connectivity index (χ2v) is 7.74. The Morgan fingerprint density at radius 1 is 1.16 bits per heavy atom. The Bertz CT molecular complexity index is 794. The van der Waals surface area contributed by atoms with Gasteiger partial charge in [-0.05, 0) is 90.1 Å². The van der Waals surface area contributed by atoms with Crippen molar-refractivity contribution in [1.29, 1.82) is 0 Å². The minimum Gasteiger partial charge on any atom is -0.488 e. The molecule has 0 spiro atoms. The lowest BCUT2D eigenvalue weighted by Gasteiger charge is -2.16. The molecule has 2 aromatic rings. The Kier molecular flexibility index (Phi) is 5.67. The predicted octanol–water partition coefficient (Wildman–Crippen LogP) is 5.68. The summed E-state index contributed by atoms with van der Waals surface area (Å²) in [6.07, 6.45) is 2.83. The van der Waals surface area contributed by atoms with Gasteiger partial charge in [-0.15, -0.1) is 0 Å². The standard InChI is InChI=1S/C21H23IO3/c1-4-21(23)25-19-7-5-6-18(22)17(19)12-24-20-11-14(3)13(2)10-16(20)15-8-9-15/h5-7,10-11,15H,4,8-9,12H2,1-3H3. The zero-order chi connectivity index (χ0) is 18.0. The molecule has 0 amide bonds. The van der Waals surface area contributed by atoms with Crippen molar-refractivity contribution in [3.8, 4) is 11.5 Å². The largest absolute Gasteiger partial charge is 0.488 e. The molecular formula is C21H23IO3. The van der Waals surface area contributed by atoms with Gasteiger partial charge in [0, 0.05) is 15.6 Å². The van der Waals surface area contributed by atoms with E-state index in [-0.39, 0.29) is 5.97 Å². The topological polar surface area (TPSA) is 35.5 Å². The fourth-order valence-corrected chi connectivity index (χ4v) is 3.40. The van der Waals surface area contributed by atoms with E-state index in [0.717, 1.165) is 14.9 Å². The Morgan fingerprint density at radius 3 is 2.56 bits per heavy atom. The summed E-state index contributed by atoms with van der Waals surface area (Å²) in [6, 6.07) is 10.1. The molecule has 0 saturated heterocycles. The third-order valence-electron chi connectivity index (χ3n) is 4.60. The van der Waals surface area contributed by atoms with Crippen molar-refractivity contribution in [2.45, 2.75) is 52.6 Å². The molecular weight excluding hydrogens is 427 g/mol. The van der Waals surface area contributed by atoms with Crippen LogP contribution in [0.15, 0.2) is 30.3 Å². The highest BCUT2D eigenvalue weighted by atomic mass is 127. The first-order chi connectivity index (χ1) is 12.0. The summed E-state index contributed by atoms with van der Waals surface area (Å²) in [6.45, 7) is 6.45. The molecule has 0 aromatic heterocycles. The van der Waals surface area contributed by atoms with Crippen LogP contribution in [0.1, 0.15) is 54.4 Å². The van der Waals surface area contributed by atoms with E-state index in [2.05, 4.69) is 48.6 Å². The molecule has 1 fully saturated rings. The highest BCUT2D eigenvalue weighted by molar-refractivity contribution is 14.1. The van der Waals surface area contributed by atoms with E-state index in [1.54, 1.807) is 6.92 Å². The Morgan fingerprint density at radius 2 is 1.88 bits per heavy atom. The number of benzene rings is 2. The van der Waals surface area contributed by atoms with Gasteiger partial charge in [-0.1, -0.05) is 19.1 Å². The molecule has 0 N–H and O–H groups in total. The Balaban J connectivity index is 1.85. The molecule has 0 aliphatic heterocycles. The molecule has 25 heavy (non-hydrogen) atoms. The summed E-state index contributed by atoms with van der Waals surface area (Å²) < 4.78 is 12.7. The van der Waals surface area contributed by atoms with E-state index in [1.807, 2.05) is 18.2 Å². The van der Waals surface area contributed by atoms with Crippen molar-refractivity contribution in [3.63, 3.8) is 0 Å². The van der Waals surface area contributed by atoms with Gasteiger partial charge >= 0.3 is 5.97 Å². The molecule has 1 aliphatic rings. The number of hydrogen-bond donors (Lipinski definition) is 0. The van der Waals surface area contributed by atoms with Crippen molar-refractivity contribution >= 4 is 28.6 Å². The monoisotopic (exact) mass is 450 g/mol. The van der Waals surface area contributed by atoms with Gasteiger partial charge in [0.25, 0.3) is 0 Å². The number of carbonyl (C=O) groups excluding carboxylic acids is 1. The molecule has 2 aromatic carbocycles. The van der Waals surface area contributed by atoms with E-state index in [1.165, 1.54) is 29.5 Å². The average molecular weight is 450 g/mol. The van der Waals surface area contributed by atoms with Crippen molar-refractivity contribution in [3.05, 3.63) is 56.2 Å². The van der Waals surface area contributed by atoms with Crippen LogP contribution < -0.4 is 9.47 Å². The van der Waals surface area contributed by atoms with Gasteiger partial charge in [0.2, 0.25) is 0 Å². The third-order valence-corrected chi connectivity index (χ3v) is 5.61. The first-order valence-electron chi connectivity index (χ1n) is 8.71. The van der Waals surface area contributed by atoms with Crippen LogP contribution in [-0.2, 0) is 11.4 Å². The molecule has 3 nitrogen and oxygen atoms in total. The van der Waals surface area contributed by atoms with Crippen LogP contribution in [0.25, 0.3) is 0 Å². The van der Waals surface area contributed by atoms with Crippen LogP contribution in [0.3, 0.4) is 0 Å². The average Bonchev–Trinajstić information content (AvgIpc) is 3.42. The van der Waals surface area contributed by atoms with E-state index < -0.39 is 0 Å². The van der Waals surface area contributed by atoms with Crippen molar-refractivity contribution in [2.24, 2.45) is 0 Å².